The van der Waals surface area contributed by atoms with E-state index < -0.39 is 0 Å². The van der Waals surface area contributed by atoms with E-state index in [4.69, 9.17) is 4.42 Å². The molecule has 9 heavy (non-hydrogen) atoms. The van der Waals surface area contributed by atoms with E-state index in [1.54, 1.807) is 0 Å². The fraction of sp³-hybridized carbons (Fsp3) is 0.500. The Labute approximate surface area is 57.1 Å². The predicted molar refractivity (Wildman–Crippen MR) is 37.0 cm³/mol. The van der Waals surface area contributed by atoms with Gasteiger partial charge in [0.05, 0.1) is 0 Å². The van der Waals surface area contributed by atoms with E-state index in [-0.39, 0.29) is 4.94 Å². The zero-order valence-corrected chi connectivity index (χ0v) is 6.25. The van der Waals surface area contributed by atoms with Gasteiger partial charge in [-0.1, -0.05) is 18.3 Å². The van der Waals surface area contributed by atoms with Gasteiger partial charge in [0, 0.05) is 4.88 Å². The SMILES string of the molecule is CCc1sc(=O)oc1C. The van der Waals surface area contributed by atoms with E-state index in [0.29, 0.717) is 0 Å². The molecule has 0 amide bonds. The number of aryl methyl sites for hydroxylation is 2. The van der Waals surface area contributed by atoms with Crippen LogP contribution in [0.25, 0.3) is 0 Å². The van der Waals surface area contributed by atoms with Gasteiger partial charge >= 0.3 is 4.94 Å². The first-order chi connectivity index (χ1) is 4.24. The van der Waals surface area contributed by atoms with Crippen LogP contribution in [0.15, 0.2) is 9.21 Å². The molecule has 3 heteroatoms. The van der Waals surface area contributed by atoms with Crippen LogP contribution in [-0.4, -0.2) is 0 Å². The molecule has 0 saturated heterocycles. The van der Waals surface area contributed by atoms with E-state index in [2.05, 4.69) is 0 Å². The molecule has 0 N–H and O–H groups in total. The van der Waals surface area contributed by atoms with Gasteiger partial charge in [0.25, 0.3) is 0 Å². The van der Waals surface area contributed by atoms with Crippen LogP contribution in [0, 0.1) is 6.92 Å². The summed E-state index contributed by atoms with van der Waals surface area (Å²) in [7, 11) is 0. The van der Waals surface area contributed by atoms with Crippen molar-refractivity contribution in [3.05, 3.63) is 20.4 Å². The van der Waals surface area contributed by atoms with Gasteiger partial charge in [0.15, 0.2) is 0 Å². The van der Waals surface area contributed by atoms with Crippen LogP contribution in [-0.2, 0) is 6.42 Å². The lowest BCUT2D eigenvalue weighted by Gasteiger charge is -1.83. The molecule has 1 heterocycles. The van der Waals surface area contributed by atoms with Crippen LogP contribution in [0.1, 0.15) is 17.6 Å². The third-order valence-electron chi connectivity index (χ3n) is 1.16. The fourth-order valence-electron chi connectivity index (χ4n) is 0.696. The van der Waals surface area contributed by atoms with Gasteiger partial charge in [0.1, 0.15) is 5.76 Å². The third-order valence-corrected chi connectivity index (χ3v) is 2.23. The van der Waals surface area contributed by atoms with E-state index in [1.165, 1.54) is 11.3 Å². The number of rotatable bonds is 1. The molecule has 0 aliphatic rings. The molecule has 1 rings (SSSR count). The molecule has 0 aliphatic carbocycles. The highest BCUT2D eigenvalue weighted by Gasteiger charge is 2.01. The summed E-state index contributed by atoms with van der Waals surface area (Å²) in [6.07, 6.45) is 0.891. The largest absolute Gasteiger partial charge is 0.419 e. The predicted octanol–water partition coefficient (Wildman–Crippen LogP) is 1.57. The molecule has 0 radical (unpaired) electrons. The minimum Gasteiger partial charge on any atom is -0.419 e. The van der Waals surface area contributed by atoms with Crippen LogP contribution in [0.3, 0.4) is 0 Å². The van der Waals surface area contributed by atoms with Gasteiger partial charge in [-0.25, -0.2) is 4.79 Å². The second-order valence-corrected chi connectivity index (χ2v) is 2.82. The minimum atomic E-state index is -0.190. The van der Waals surface area contributed by atoms with Crippen molar-refractivity contribution in [1.29, 1.82) is 0 Å². The highest BCUT2D eigenvalue weighted by molar-refractivity contribution is 7.09. The highest BCUT2D eigenvalue weighted by Crippen LogP contribution is 2.10. The van der Waals surface area contributed by atoms with Crippen molar-refractivity contribution in [2.45, 2.75) is 20.3 Å². The van der Waals surface area contributed by atoms with Crippen molar-refractivity contribution in [3.8, 4) is 0 Å². The Morgan fingerprint density at radius 2 is 2.33 bits per heavy atom. The first-order valence-corrected chi connectivity index (χ1v) is 3.65. The first-order valence-electron chi connectivity index (χ1n) is 2.83. The minimum absolute atomic E-state index is 0.190. The molecule has 0 unspecified atom stereocenters. The monoisotopic (exact) mass is 144 g/mol. The van der Waals surface area contributed by atoms with Crippen LogP contribution < -0.4 is 4.94 Å². The molecule has 2 nitrogen and oxygen atoms in total. The molecule has 0 bridgehead atoms. The Morgan fingerprint density at radius 1 is 1.67 bits per heavy atom. The van der Waals surface area contributed by atoms with E-state index in [1.807, 2.05) is 13.8 Å². The van der Waals surface area contributed by atoms with Crippen molar-refractivity contribution in [2.24, 2.45) is 0 Å². The molecule has 0 atom stereocenters. The fourth-order valence-corrected chi connectivity index (χ4v) is 1.39. The maximum absolute atomic E-state index is 10.5. The Hall–Kier alpha value is -0.570. The zero-order chi connectivity index (χ0) is 6.85. The summed E-state index contributed by atoms with van der Waals surface area (Å²) in [6, 6.07) is 0. The first kappa shape index (κ1) is 6.55. The molecule has 1 aromatic rings. The lowest BCUT2D eigenvalue weighted by atomic mass is 10.3. The summed E-state index contributed by atoms with van der Waals surface area (Å²) < 4.78 is 4.77. The second-order valence-electron chi connectivity index (χ2n) is 1.79. The Balaban J connectivity index is 3.16. The van der Waals surface area contributed by atoms with Gasteiger partial charge in [-0.3, -0.25) is 0 Å². The lowest BCUT2D eigenvalue weighted by molar-refractivity contribution is 0.502. The van der Waals surface area contributed by atoms with E-state index in [9.17, 15) is 4.79 Å². The molecule has 0 fully saturated rings. The highest BCUT2D eigenvalue weighted by atomic mass is 32.1. The molecule has 0 spiro atoms. The second kappa shape index (κ2) is 2.35. The lowest BCUT2D eigenvalue weighted by Crippen LogP contribution is -1.80. The molecule has 0 aliphatic heterocycles. The van der Waals surface area contributed by atoms with Gasteiger partial charge in [0.2, 0.25) is 0 Å². The van der Waals surface area contributed by atoms with Crippen molar-refractivity contribution < 1.29 is 4.42 Å². The normalized spacial score (nSPS) is 10.0. The summed E-state index contributed by atoms with van der Waals surface area (Å²) in [5.41, 5.74) is 0. The Morgan fingerprint density at radius 3 is 2.56 bits per heavy atom. The summed E-state index contributed by atoms with van der Waals surface area (Å²) in [6.45, 7) is 3.82. The van der Waals surface area contributed by atoms with Gasteiger partial charge in [-0.05, 0) is 13.3 Å². The van der Waals surface area contributed by atoms with Crippen molar-refractivity contribution in [2.75, 3.05) is 0 Å². The summed E-state index contributed by atoms with van der Waals surface area (Å²) in [4.78, 5) is 11.4. The molecular weight excluding hydrogens is 136 g/mol. The van der Waals surface area contributed by atoms with Crippen molar-refractivity contribution in [3.63, 3.8) is 0 Å². The van der Waals surface area contributed by atoms with Crippen LogP contribution >= 0.6 is 11.3 Å². The molecule has 0 aromatic carbocycles. The van der Waals surface area contributed by atoms with Crippen molar-refractivity contribution >= 4 is 11.3 Å². The molecule has 0 saturated carbocycles. The van der Waals surface area contributed by atoms with Crippen molar-refractivity contribution in [1.82, 2.24) is 0 Å². The molecule has 1 aromatic heterocycles. The zero-order valence-electron chi connectivity index (χ0n) is 5.43. The summed E-state index contributed by atoms with van der Waals surface area (Å²) >= 11 is 1.19. The smallest absolute Gasteiger partial charge is 0.395 e. The maximum atomic E-state index is 10.5. The molecule has 50 valence electrons. The van der Waals surface area contributed by atoms with Gasteiger partial charge in [-0.15, -0.1) is 0 Å². The quantitative estimate of drug-likeness (QED) is 0.599. The average molecular weight is 144 g/mol. The third kappa shape index (κ3) is 1.21. The van der Waals surface area contributed by atoms with E-state index in [0.717, 1.165) is 17.1 Å². The van der Waals surface area contributed by atoms with Gasteiger partial charge in [-0.2, -0.15) is 0 Å². The van der Waals surface area contributed by atoms with Crippen LogP contribution in [0.4, 0.5) is 0 Å². The Bertz CT molecular complexity index is 246. The van der Waals surface area contributed by atoms with Crippen LogP contribution in [0.2, 0.25) is 0 Å². The standard InChI is InChI=1S/C6H8O2S/c1-3-5-4(2)8-6(7)9-5/h3H2,1-2H3. The number of hydrogen-bond acceptors (Lipinski definition) is 3. The summed E-state index contributed by atoms with van der Waals surface area (Å²) in [5.74, 6) is 0.771. The summed E-state index contributed by atoms with van der Waals surface area (Å²) in [5, 5.41) is 0. The molecular formula is C6H8O2S. The average Bonchev–Trinajstić information content (AvgIpc) is 2.10. The van der Waals surface area contributed by atoms with Gasteiger partial charge < -0.3 is 4.42 Å². The topological polar surface area (TPSA) is 30.2 Å². The Kier molecular flexibility index (Phi) is 1.71. The van der Waals surface area contributed by atoms with Crippen LogP contribution in [0.5, 0.6) is 0 Å². The number of hydrogen-bond donors (Lipinski definition) is 0. The maximum Gasteiger partial charge on any atom is 0.395 e. The van der Waals surface area contributed by atoms with E-state index >= 15 is 0 Å².